The van der Waals surface area contributed by atoms with E-state index in [1.807, 2.05) is 0 Å². The molecule has 2 amide bonds. The Balaban J connectivity index is 1.52. The molecule has 36 heavy (non-hydrogen) atoms. The molecule has 1 fully saturated rings. The Hall–Kier alpha value is -2.99. The number of rotatable bonds is 8. The van der Waals surface area contributed by atoms with E-state index < -0.39 is 15.8 Å². The summed E-state index contributed by atoms with van der Waals surface area (Å²) in [4.78, 5) is 12.9. The summed E-state index contributed by atoms with van der Waals surface area (Å²) >= 11 is 0. The Bertz CT molecular complexity index is 1080. The second-order valence-corrected chi connectivity index (χ2v) is 14.4. The van der Waals surface area contributed by atoms with Crippen molar-refractivity contribution in [3.63, 3.8) is 0 Å². The maximum atomic E-state index is 12.9. The van der Waals surface area contributed by atoms with Crippen LogP contribution in [0, 0.1) is 0 Å². The normalized spacial score (nSPS) is 19.1. The molecule has 5 rings (SSSR count). The molecule has 4 aromatic rings. The van der Waals surface area contributed by atoms with Gasteiger partial charge in [-0.3, -0.25) is 0 Å². The third-order valence-electron chi connectivity index (χ3n) is 6.97. The van der Waals surface area contributed by atoms with Crippen LogP contribution in [-0.4, -0.2) is 29.4 Å². The first-order valence-electron chi connectivity index (χ1n) is 12.5. The highest BCUT2D eigenvalue weighted by Gasteiger charge is 2.44. The Morgan fingerprint density at radius 3 is 1.00 bits per heavy atom. The van der Waals surface area contributed by atoms with Gasteiger partial charge in [0.1, 0.15) is 0 Å². The first-order chi connectivity index (χ1) is 17.6. The van der Waals surface area contributed by atoms with Crippen molar-refractivity contribution in [3.8, 4) is 0 Å². The average Bonchev–Trinajstić information content (AvgIpc) is 3.33. The van der Waals surface area contributed by atoms with Crippen LogP contribution in [0.15, 0.2) is 121 Å². The summed E-state index contributed by atoms with van der Waals surface area (Å²) in [5.41, 5.74) is 0.499. The molecule has 4 atom stereocenters. The molecule has 182 valence electrons. The number of hydrogen-bond acceptors (Lipinski definition) is 1. The van der Waals surface area contributed by atoms with Gasteiger partial charge in [-0.25, -0.2) is 4.79 Å². The molecule has 0 unspecified atom stereocenters. The lowest BCUT2D eigenvalue weighted by Crippen LogP contribution is -2.49. The van der Waals surface area contributed by atoms with Gasteiger partial charge in [-0.05, 0) is 37.1 Å². The molecule has 0 radical (unpaired) electrons. The topological polar surface area (TPSA) is 41.1 Å². The monoisotopic (exact) mass is 510 g/mol. The summed E-state index contributed by atoms with van der Waals surface area (Å²) < 4.78 is 0. The third-order valence-corrected chi connectivity index (χ3v) is 12.7. The molecule has 2 N–H and O–H groups in total. The molecule has 0 saturated carbocycles. The maximum Gasteiger partial charge on any atom is 0.315 e. The molecule has 1 aliphatic rings. The number of urea groups is 1. The van der Waals surface area contributed by atoms with E-state index in [0.29, 0.717) is 0 Å². The van der Waals surface area contributed by atoms with Crippen molar-refractivity contribution in [2.45, 2.75) is 37.2 Å². The van der Waals surface area contributed by atoms with Gasteiger partial charge >= 0.3 is 6.03 Å². The Kier molecular flexibility index (Phi) is 7.81. The smallest absolute Gasteiger partial charge is 0.315 e. The number of amides is 2. The first-order valence-corrected chi connectivity index (χ1v) is 15.3. The van der Waals surface area contributed by atoms with Crippen molar-refractivity contribution in [1.29, 1.82) is 0 Å². The SMILES string of the molecule is C[C@H]([C@H]1NC(=O)N[C@@H]1[C@@H](C)P(c1ccccc1)c1ccccc1)P(c1ccccc1)c1ccccc1. The second kappa shape index (κ2) is 11.4. The van der Waals surface area contributed by atoms with Crippen LogP contribution < -0.4 is 31.9 Å². The molecule has 0 bridgehead atoms. The quantitative estimate of drug-likeness (QED) is 0.319. The molecule has 0 aliphatic carbocycles. The van der Waals surface area contributed by atoms with E-state index in [4.69, 9.17) is 0 Å². The van der Waals surface area contributed by atoms with E-state index in [-0.39, 0.29) is 29.4 Å². The van der Waals surface area contributed by atoms with Gasteiger partial charge in [0.25, 0.3) is 0 Å². The molecule has 1 heterocycles. The molecule has 3 nitrogen and oxygen atoms in total. The highest BCUT2D eigenvalue weighted by molar-refractivity contribution is 7.74. The molecule has 5 heteroatoms. The van der Waals surface area contributed by atoms with Gasteiger partial charge in [-0.1, -0.05) is 135 Å². The second-order valence-electron chi connectivity index (χ2n) is 9.23. The lowest BCUT2D eigenvalue weighted by molar-refractivity contribution is 0.247. The number of benzene rings is 4. The molecule has 0 aromatic heterocycles. The predicted molar refractivity (Wildman–Crippen MR) is 156 cm³/mol. The number of carbonyl (C=O) groups is 1. The van der Waals surface area contributed by atoms with Crippen LogP contribution in [-0.2, 0) is 0 Å². The first kappa shape index (κ1) is 24.7. The average molecular weight is 511 g/mol. The van der Waals surface area contributed by atoms with Gasteiger partial charge in [0.2, 0.25) is 0 Å². The Morgan fingerprint density at radius 1 is 0.500 bits per heavy atom. The van der Waals surface area contributed by atoms with Crippen molar-refractivity contribution in [3.05, 3.63) is 121 Å². The minimum Gasteiger partial charge on any atom is -0.333 e. The van der Waals surface area contributed by atoms with Crippen LogP contribution in [0.5, 0.6) is 0 Å². The van der Waals surface area contributed by atoms with E-state index in [1.54, 1.807) is 0 Å². The highest BCUT2D eigenvalue weighted by Crippen LogP contribution is 2.46. The minimum absolute atomic E-state index is 0.0245. The number of hydrogen-bond donors (Lipinski definition) is 2. The maximum absolute atomic E-state index is 12.9. The van der Waals surface area contributed by atoms with Gasteiger partial charge in [-0.15, -0.1) is 0 Å². The van der Waals surface area contributed by atoms with Crippen molar-refractivity contribution in [2.75, 3.05) is 0 Å². The predicted octanol–water partition coefficient (Wildman–Crippen LogP) is 5.08. The van der Waals surface area contributed by atoms with Gasteiger partial charge in [0.05, 0.1) is 12.1 Å². The molecule has 0 spiro atoms. The molecular weight excluding hydrogens is 478 g/mol. The molecule has 4 aromatic carbocycles. The van der Waals surface area contributed by atoms with Crippen LogP contribution in [0.3, 0.4) is 0 Å². The van der Waals surface area contributed by atoms with Crippen LogP contribution in [0.4, 0.5) is 4.79 Å². The largest absolute Gasteiger partial charge is 0.333 e. The lowest BCUT2D eigenvalue weighted by atomic mass is 10.0. The van der Waals surface area contributed by atoms with E-state index in [1.165, 1.54) is 21.2 Å². The van der Waals surface area contributed by atoms with Crippen molar-refractivity contribution in [2.24, 2.45) is 0 Å². The summed E-state index contributed by atoms with van der Waals surface area (Å²) in [6.07, 6.45) is 0. The fraction of sp³-hybridized carbons (Fsp3) is 0.194. The molecular formula is C31H32N2OP2. The van der Waals surface area contributed by atoms with Crippen LogP contribution >= 0.6 is 15.8 Å². The van der Waals surface area contributed by atoms with Crippen LogP contribution in [0.25, 0.3) is 0 Å². The molecule has 1 saturated heterocycles. The van der Waals surface area contributed by atoms with Crippen molar-refractivity contribution in [1.82, 2.24) is 10.6 Å². The lowest BCUT2D eigenvalue weighted by Gasteiger charge is -2.37. The van der Waals surface area contributed by atoms with Gasteiger partial charge in [0.15, 0.2) is 0 Å². The van der Waals surface area contributed by atoms with Crippen LogP contribution in [0.2, 0.25) is 0 Å². The van der Waals surface area contributed by atoms with Crippen molar-refractivity contribution >= 4 is 43.1 Å². The molecule has 1 aliphatic heterocycles. The Morgan fingerprint density at radius 2 is 0.750 bits per heavy atom. The van der Waals surface area contributed by atoms with Gasteiger partial charge in [0, 0.05) is 11.3 Å². The third kappa shape index (κ3) is 5.24. The van der Waals surface area contributed by atoms with E-state index in [2.05, 4.69) is 146 Å². The van der Waals surface area contributed by atoms with Gasteiger partial charge in [-0.2, -0.15) is 0 Å². The fourth-order valence-corrected chi connectivity index (χ4v) is 10.9. The summed E-state index contributed by atoms with van der Waals surface area (Å²) in [6, 6.07) is 43.1. The summed E-state index contributed by atoms with van der Waals surface area (Å²) in [5.74, 6) is 0. The summed E-state index contributed by atoms with van der Waals surface area (Å²) in [6.45, 7) is 4.63. The summed E-state index contributed by atoms with van der Waals surface area (Å²) in [5, 5.41) is 12.0. The van der Waals surface area contributed by atoms with E-state index in [9.17, 15) is 4.79 Å². The Labute approximate surface area is 216 Å². The van der Waals surface area contributed by atoms with Gasteiger partial charge < -0.3 is 10.6 Å². The number of nitrogens with one attached hydrogen (secondary N) is 2. The highest BCUT2D eigenvalue weighted by atomic mass is 31.1. The number of carbonyl (C=O) groups excluding carboxylic acids is 1. The summed E-state index contributed by atoms with van der Waals surface area (Å²) in [7, 11) is -1.34. The zero-order valence-corrected chi connectivity index (χ0v) is 22.4. The minimum atomic E-state index is -0.669. The van der Waals surface area contributed by atoms with E-state index in [0.717, 1.165) is 0 Å². The van der Waals surface area contributed by atoms with Crippen molar-refractivity contribution < 1.29 is 4.79 Å². The standard InChI is InChI=1S/C31H32N2OP2/c1-23(35(25-15-7-3-8-16-25)26-17-9-4-10-18-26)29-30(33-31(34)32-29)24(2)36(27-19-11-5-12-20-27)28-21-13-6-14-22-28/h3-24,29-30H,1-2H3,(H2,32,33,34)/t23-,24-,29-,30-/m1/s1. The fourth-order valence-electron chi connectivity index (χ4n) is 5.28. The zero-order chi connectivity index (χ0) is 24.9. The van der Waals surface area contributed by atoms with E-state index >= 15 is 0 Å². The zero-order valence-electron chi connectivity index (χ0n) is 20.7. The van der Waals surface area contributed by atoms with Crippen LogP contribution in [0.1, 0.15) is 13.8 Å².